The Morgan fingerprint density at radius 2 is 1.57 bits per heavy atom. The monoisotopic (exact) mass is 307 g/mol. The zero-order chi connectivity index (χ0) is 16.2. The Balaban J connectivity index is 1.64. The standard InChI is InChI=1S/C22H29N/c1-3-17-4-9-20(10-5-17)21-11-6-18(7-12-21)15-19-8-13-22(23)16(2)14-19/h6-8,11-14,17,20H,3-5,9-10,15,23H2,1-2H3. The van der Waals surface area contributed by atoms with Crippen molar-refractivity contribution in [1.82, 2.24) is 0 Å². The van der Waals surface area contributed by atoms with Gasteiger partial charge in [0.1, 0.15) is 0 Å². The smallest absolute Gasteiger partial charge is 0.0343 e. The largest absolute Gasteiger partial charge is 0.399 e. The van der Waals surface area contributed by atoms with E-state index in [2.05, 4.69) is 50.2 Å². The molecule has 0 spiro atoms. The number of hydrogen-bond acceptors (Lipinski definition) is 1. The average molecular weight is 307 g/mol. The van der Waals surface area contributed by atoms with Crippen molar-refractivity contribution in [3.05, 3.63) is 64.7 Å². The first-order valence-corrected chi connectivity index (χ1v) is 9.09. The molecule has 1 nitrogen and oxygen atoms in total. The lowest BCUT2D eigenvalue weighted by Gasteiger charge is -2.28. The number of hydrogen-bond donors (Lipinski definition) is 1. The number of rotatable bonds is 4. The summed E-state index contributed by atoms with van der Waals surface area (Å²) in [6.07, 6.45) is 7.90. The van der Waals surface area contributed by atoms with Crippen molar-refractivity contribution in [2.45, 2.75) is 58.3 Å². The topological polar surface area (TPSA) is 26.0 Å². The molecule has 0 heterocycles. The molecule has 0 radical (unpaired) electrons. The molecule has 0 unspecified atom stereocenters. The molecule has 3 rings (SSSR count). The maximum absolute atomic E-state index is 5.90. The van der Waals surface area contributed by atoms with Crippen molar-refractivity contribution in [2.75, 3.05) is 5.73 Å². The van der Waals surface area contributed by atoms with Crippen LogP contribution in [0.2, 0.25) is 0 Å². The summed E-state index contributed by atoms with van der Waals surface area (Å²) in [5, 5.41) is 0. The molecule has 2 N–H and O–H groups in total. The van der Waals surface area contributed by atoms with Gasteiger partial charge in [-0.05, 0) is 79.2 Å². The molecule has 0 aliphatic heterocycles. The highest BCUT2D eigenvalue weighted by Gasteiger charge is 2.21. The lowest BCUT2D eigenvalue weighted by molar-refractivity contribution is 0.319. The van der Waals surface area contributed by atoms with Crippen LogP contribution in [0, 0.1) is 12.8 Å². The lowest BCUT2D eigenvalue weighted by atomic mass is 9.78. The van der Waals surface area contributed by atoms with E-state index in [1.807, 2.05) is 6.07 Å². The molecule has 2 aromatic carbocycles. The maximum Gasteiger partial charge on any atom is 0.0343 e. The van der Waals surface area contributed by atoms with Crippen molar-refractivity contribution in [3.8, 4) is 0 Å². The van der Waals surface area contributed by atoms with E-state index in [1.165, 1.54) is 54.4 Å². The molecule has 1 aliphatic carbocycles. The van der Waals surface area contributed by atoms with Crippen molar-refractivity contribution >= 4 is 5.69 Å². The first kappa shape index (κ1) is 16.1. The maximum atomic E-state index is 5.90. The fourth-order valence-corrected chi connectivity index (χ4v) is 3.90. The van der Waals surface area contributed by atoms with Crippen LogP contribution in [0.15, 0.2) is 42.5 Å². The van der Waals surface area contributed by atoms with Crippen LogP contribution in [0.5, 0.6) is 0 Å². The zero-order valence-corrected chi connectivity index (χ0v) is 14.5. The van der Waals surface area contributed by atoms with Crippen molar-refractivity contribution in [1.29, 1.82) is 0 Å². The van der Waals surface area contributed by atoms with Crippen LogP contribution >= 0.6 is 0 Å². The molecule has 0 atom stereocenters. The van der Waals surface area contributed by atoms with Crippen LogP contribution in [-0.2, 0) is 6.42 Å². The zero-order valence-electron chi connectivity index (χ0n) is 14.5. The second-order valence-electron chi connectivity index (χ2n) is 7.24. The van der Waals surface area contributed by atoms with E-state index in [0.717, 1.165) is 23.9 Å². The number of anilines is 1. The Hall–Kier alpha value is -1.76. The molecule has 1 heteroatoms. The molecule has 2 aromatic rings. The van der Waals surface area contributed by atoms with Gasteiger partial charge in [-0.15, -0.1) is 0 Å². The normalized spacial score (nSPS) is 21.3. The number of nitrogen functional groups attached to an aromatic ring is 1. The second kappa shape index (κ2) is 7.21. The minimum Gasteiger partial charge on any atom is -0.399 e. The quantitative estimate of drug-likeness (QED) is 0.704. The Bertz CT molecular complexity index is 634. The van der Waals surface area contributed by atoms with Gasteiger partial charge in [-0.3, -0.25) is 0 Å². The molecule has 0 bridgehead atoms. The van der Waals surface area contributed by atoms with Crippen molar-refractivity contribution in [2.24, 2.45) is 5.92 Å². The molecule has 0 aromatic heterocycles. The SMILES string of the molecule is CCC1CCC(c2ccc(Cc3ccc(N)c(C)c3)cc2)CC1. The summed E-state index contributed by atoms with van der Waals surface area (Å²) in [5.74, 6) is 1.75. The van der Waals surface area contributed by atoms with Crippen LogP contribution < -0.4 is 5.73 Å². The van der Waals surface area contributed by atoms with Crippen LogP contribution in [0.3, 0.4) is 0 Å². The van der Waals surface area contributed by atoms with E-state index < -0.39 is 0 Å². The minimum absolute atomic E-state index is 0.783. The highest BCUT2D eigenvalue weighted by molar-refractivity contribution is 5.48. The fraction of sp³-hybridized carbons (Fsp3) is 0.455. The van der Waals surface area contributed by atoms with E-state index in [9.17, 15) is 0 Å². The van der Waals surface area contributed by atoms with Crippen LogP contribution in [0.1, 0.15) is 67.2 Å². The molecule has 1 aliphatic rings. The summed E-state index contributed by atoms with van der Waals surface area (Å²) in [6.45, 7) is 4.41. The third-order valence-corrected chi connectivity index (χ3v) is 5.62. The van der Waals surface area contributed by atoms with E-state index in [4.69, 9.17) is 5.73 Å². The van der Waals surface area contributed by atoms with Gasteiger partial charge in [-0.2, -0.15) is 0 Å². The Morgan fingerprint density at radius 3 is 2.17 bits per heavy atom. The number of benzene rings is 2. The Morgan fingerprint density at radius 1 is 0.913 bits per heavy atom. The van der Waals surface area contributed by atoms with Gasteiger partial charge >= 0.3 is 0 Å². The molecule has 0 amide bonds. The van der Waals surface area contributed by atoms with Gasteiger partial charge in [-0.1, -0.05) is 49.7 Å². The minimum atomic E-state index is 0.783. The first-order chi connectivity index (χ1) is 11.2. The molecular weight excluding hydrogens is 278 g/mol. The summed E-state index contributed by atoms with van der Waals surface area (Å²) in [7, 11) is 0. The first-order valence-electron chi connectivity index (χ1n) is 9.09. The lowest BCUT2D eigenvalue weighted by Crippen LogP contribution is -2.12. The molecule has 0 saturated heterocycles. The average Bonchev–Trinajstić information content (AvgIpc) is 2.59. The highest BCUT2D eigenvalue weighted by atomic mass is 14.5. The molecule has 1 fully saturated rings. The highest BCUT2D eigenvalue weighted by Crippen LogP contribution is 2.37. The second-order valence-corrected chi connectivity index (χ2v) is 7.24. The number of nitrogens with two attached hydrogens (primary N) is 1. The van der Waals surface area contributed by atoms with Crippen molar-refractivity contribution in [3.63, 3.8) is 0 Å². The van der Waals surface area contributed by atoms with Gasteiger partial charge in [0.2, 0.25) is 0 Å². The van der Waals surface area contributed by atoms with Gasteiger partial charge in [-0.25, -0.2) is 0 Å². The van der Waals surface area contributed by atoms with Crippen molar-refractivity contribution < 1.29 is 0 Å². The van der Waals surface area contributed by atoms with Crippen LogP contribution in [0.4, 0.5) is 5.69 Å². The molecule has 1 saturated carbocycles. The van der Waals surface area contributed by atoms with E-state index >= 15 is 0 Å². The van der Waals surface area contributed by atoms with Gasteiger partial charge in [0, 0.05) is 5.69 Å². The fourth-order valence-electron chi connectivity index (χ4n) is 3.90. The molecule has 122 valence electrons. The summed E-state index contributed by atoms with van der Waals surface area (Å²) in [5.41, 5.74) is 12.2. The van der Waals surface area contributed by atoms with Crippen LogP contribution in [0.25, 0.3) is 0 Å². The molecular formula is C22H29N. The summed E-state index contributed by atoms with van der Waals surface area (Å²) >= 11 is 0. The summed E-state index contributed by atoms with van der Waals surface area (Å²) in [6, 6.07) is 15.7. The number of aryl methyl sites for hydroxylation is 1. The third-order valence-electron chi connectivity index (χ3n) is 5.62. The predicted octanol–water partition coefficient (Wildman–Crippen LogP) is 5.85. The van der Waals surface area contributed by atoms with Gasteiger partial charge in [0.25, 0.3) is 0 Å². The van der Waals surface area contributed by atoms with Gasteiger partial charge < -0.3 is 5.73 Å². The van der Waals surface area contributed by atoms with Gasteiger partial charge in [0.05, 0.1) is 0 Å². The van der Waals surface area contributed by atoms with E-state index in [1.54, 1.807) is 0 Å². The van der Waals surface area contributed by atoms with Gasteiger partial charge in [0.15, 0.2) is 0 Å². The Labute approximate surface area is 140 Å². The van der Waals surface area contributed by atoms with Crippen LogP contribution in [-0.4, -0.2) is 0 Å². The van der Waals surface area contributed by atoms with E-state index in [-0.39, 0.29) is 0 Å². The molecule has 23 heavy (non-hydrogen) atoms. The third kappa shape index (κ3) is 3.96. The summed E-state index contributed by atoms with van der Waals surface area (Å²) < 4.78 is 0. The van der Waals surface area contributed by atoms with E-state index in [0.29, 0.717) is 0 Å². The Kier molecular flexibility index (Phi) is 5.05. The summed E-state index contributed by atoms with van der Waals surface area (Å²) in [4.78, 5) is 0. The predicted molar refractivity (Wildman–Crippen MR) is 99.8 cm³/mol.